The number of nitrogens with one attached hydrogen (secondary N) is 1. The van der Waals surface area contributed by atoms with Crippen LogP contribution in [0.3, 0.4) is 0 Å². The Bertz CT molecular complexity index is 535. The third kappa shape index (κ3) is 2.04. The molecule has 0 saturated heterocycles. The maximum absolute atomic E-state index is 5.60. The van der Waals surface area contributed by atoms with Gasteiger partial charge in [0.15, 0.2) is 11.5 Å². The lowest BCUT2D eigenvalue weighted by Gasteiger charge is -2.12. The van der Waals surface area contributed by atoms with Gasteiger partial charge in [0.05, 0.1) is 19.9 Å². The molecule has 1 aromatic carbocycles. The fraction of sp³-hybridized carbons (Fsp3) is 0.250. The van der Waals surface area contributed by atoms with Gasteiger partial charge in [-0.15, -0.1) is 0 Å². The lowest BCUT2D eigenvalue weighted by Crippen LogP contribution is -1.94. The molecule has 2 rings (SSSR count). The molecule has 5 heteroatoms. The quantitative estimate of drug-likeness (QED) is 0.850. The van der Waals surface area contributed by atoms with E-state index in [1.807, 2.05) is 19.1 Å². The van der Waals surface area contributed by atoms with Crippen molar-refractivity contribution in [2.24, 2.45) is 0 Å². The van der Waals surface area contributed by atoms with Crippen molar-refractivity contribution in [2.45, 2.75) is 6.92 Å². The number of aryl methyl sites for hydroxylation is 1. The van der Waals surface area contributed by atoms with Crippen LogP contribution >= 0.6 is 0 Å². The summed E-state index contributed by atoms with van der Waals surface area (Å²) in [7, 11) is 3.22. The summed E-state index contributed by atoms with van der Waals surface area (Å²) in [6.45, 7) is 1.99. The van der Waals surface area contributed by atoms with Crippen molar-refractivity contribution in [3.63, 3.8) is 0 Å². The van der Waals surface area contributed by atoms with Crippen LogP contribution in [0.1, 0.15) is 5.56 Å². The number of methoxy groups -OCH3 is 2. The molecule has 5 nitrogen and oxygen atoms in total. The van der Waals surface area contributed by atoms with Crippen LogP contribution in [0.4, 0.5) is 5.82 Å². The second-order valence-corrected chi connectivity index (χ2v) is 3.75. The van der Waals surface area contributed by atoms with Crippen LogP contribution in [0, 0.1) is 6.92 Å². The maximum Gasteiger partial charge on any atom is 0.170 e. The molecule has 0 bridgehead atoms. The van der Waals surface area contributed by atoms with Crippen molar-refractivity contribution in [2.75, 3.05) is 20.0 Å². The number of aromatic amines is 1. The molecule has 17 heavy (non-hydrogen) atoms. The first-order valence-corrected chi connectivity index (χ1v) is 5.19. The lowest BCUT2D eigenvalue weighted by atomic mass is 10.1. The number of nitrogens with two attached hydrogens (primary N) is 1. The first-order valence-electron chi connectivity index (χ1n) is 5.19. The molecule has 0 aliphatic rings. The van der Waals surface area contributed by atoms with Gasteiger partial charge in [-0.3, -0.25) is 5.10 Å². The number of hydrogen-bond donors (Lipinski definition) is 2. The van der Waals surface area contributed by atoms with E-state index >= 15 is 0 Å². The van der Waals surface area contributed by atoms with E-state index < -0.39 is 0 Å². The highest BCUT2D eigenvalue weighted by molar-refractivity contribution is 5.73. The summed E-state index contributed by atoms with van der Waals surface area (Å²) in [5, 5.41) is 6.77. The molecule has 0 unspecified atom stereocenters. The fourth-order valence-corrected chi connectivity index (χ4v) is 1.78. The highest BCUT2D eigenvalue weighted by Crippen LogP contribution is 2.38. The molecule has 2 aromatic rings. The van der Waals surface area contributed by atoms with Gasteiger partial charge in [0.1, 0.15) is 5.82 Å². The second kappa shape index (κ2) is 4.37. The Balaban J connectivity index is 2.63. The predicted octanol–water partition coefficient (Wildman–Crippen LogP) is 1.98. The van der Waals surface area contributed by atoms with E-state index in [4.69, 9.17) is 15.2 Å². The van der Waals surface area contributed by atoms with Gasteiger partial charge in [-0.2, -0.15) is 5.10 Å². The summed E-state index contributed by atoms with van der Waals surface area (Å²) in [5.74, 6) is 1.81. The highest BCUT2D eigenvalue weighted by atomic mass is 16.5. The van der Waals surface area contributed by atoms with Crippen LogP contribution in [0.15, 0.2) is 18.2 Å². The van der Waals surface area contributed by atoms with Gasteiger partial charge in [0.25, 0.3) is 0 Å². The van der Waals surface area contributed by atoms with E-state index in [0.29, 0.717) is 17.3 Å². The fourth-order valence-electron chi connectivity index (χ4n) is 1.78. The standard InChI is InChI=1S/C12H15N3O2/c1-7-4-8(9-6-11(13)15-14-9)12(17-3)10(5-7)16-2/h4-6H,1-3H3,(H3,13,14,15). The normalized spacial score (nSPS) is 10.3. The molecule has 0 aliphatic carbocycles. The average molecular weight is 233 g/mol. The van der Waals surface area contributed by atoms with Crippen molar-refractivity contribution in [1.29, 1.82) is 0 Å². The van der Waals surface area contributed by atoms with E-state index in [0.717, 1.165) is 16.8 Å². The van der Waals surface area contributed by atoms with Crippen molar-refractivity contribution >= 4 is 5.82 Å². The lowest BCUT2D eigenvalue weighted by molar-refractivity contribution is 0.356. The first-order chi connectivity index (χ1) is 8.15. The summed E-state index contributed by atoms with van der Waals surface area (Å²) in [6, 6.07) is 5.67. The molecule has 0 amide bonds. The van der Waals surface area contributed by atoms with Crippen LogP contribution in [0.2, 0.25) is 0 Å². The number of anilines is 1. The minimum absolute atomic E-state index is 0.447. The first kappa shape index (κ1) is 11.3. The number of hydrogen-bond acceptors (Lipinski definition) is 4. The molecule has 1 aromatic heterocycles. The number of rotatable bonds is 3. The summed E-state index contributed by atoms with van der Waals surface area (Å²) in [6.07, 6.45) is 0. The molecule has 0 spiro atoms. The van der Waals surface area contributed by atoms with Crippen LogP contribution in [-0.2, 0) is 0 Å². The van der Waals surface area contributed by atoms with Gasteiger partial charge in [-0.25, -0.2) is 0 Å². The van der Waals surface area contributed by atoms with Crippen molar-refractivity contribution in [3.8, 4) is 22.8 Å². The Kier molecular flexibility index (Phi) is 2.91. The van der Waals surface area contributed by atoms with E-state index in [2.05, 4.69) is 10.2 Å². The molecule has 0 aliphatic heterocycles. The number of H-pyrrole nitrogens is 1. The maximum atomic E-state index is 5.60. The number of benzene rings is 1. The summed E-state index contributed by atoms with van der Waals surface area (Å²) >= 11 is 0. The van der Waals surface area contributed by atoms with E-state index in [1.165, 1.54) is 0 Å². The van der Waals surface area contributed by atoms with Crippen LogP contribution < -0.4 is 15.2 Å². The zero-order valence-corrected chi connectivity index (χ0v) is 10.1. The van der Waals surface area contributed by atoms with Gasteiger partial charge in [-0.1, -0.05) is 0 Å². The van der Waals surface area contributed by atoms with E-state index in [9.17, 15) is 0 Å². The molecule has 0 atom stereocenters. The van der Waals surface area contributed by atoms with Gasteiger partial charge < -0.3 is 15.2 Å². The Hall–Kier alpha value is -2.17. The molecule has 0 fully saturated rings. The minimum atomic E-state index is 0.447. The number of nitrogen functional groups attached to an aromatic ring is 1. The smallest absolute Gasteiger partial charge is 0.170 e. The molecular formula is C12H15N3O2. The van der Waals surface area contributed by atoms with Gasteiger partial charge in [0.2, 0.25) is 0 Å². The molecule has 3 N–H and O–H groups in total. The SMILES string of the molecule is COc1cc(C)cc(-c2cc(N)n[nH]2)c1OC. The molecule has 0 saturated carbocycles. The summed E-state index contributed by atoms with van der Waals surface area (Å²) in [4.78, 5) is 0. The molecule has 0 radical (unpaired) electrons. The number of aromatic nitrogens is 2. The Morgan fingerprint density at radius 3 is 2.47 bits per heavy atom. The Morgan fingerprint density at radius 1 is 1.18 bits per heavy atom. The summed E-state index contributed by atoms with van der Waals surface area (Å²) in [5.41, 5.74) is 8.37. The third-order valence-corrected chi connectivity index (χ3v) is 2.51. The molecular weight excluding hydrogens is 218 g/mol. The third-order valence-electron chi connectivity index (χ3n) is 2.51. The van der Waals surface area contributed by atoms with Crippen LogP contribution in [0.5, 0.6) is 11.5 Å². The van der Waals surface area contributed by atoms with Gasteiger partial charge >= 0.3 is 0 Å². The van der Waals surface area contributed by atoms with Crippen LogP contribution in [-0.4, -0.2) is 24.4 Å². The topological polar surface area (TPSA) is 73.2 Å². The van der Waals surface area contributed by atoms with E-state index in [-0.39, 0.29) is 0 Å². The zero-order valence-electron chi connectivity index (χ0n) is 10.1. The Morgan fingerprint density at radius 2 is 1.94 bits per heavy atom. The average Bonchev–Trinajstić information content (AvgIpc) is 2.74. The number of ether oxygens (including phenoxy) is 2. The van der Waals surface area contributed by atoms with Crippen molar-refractivity contribution < 1.29 is 9.47 Å². The monoisotopic (exact) mass is 233 g/mol. The van der Waals surface area contributed by atoms with Crippen molar-refractivity contribution in [1.82, 2.24) is 10.2 Å². The zero-order chi connectivity index (χ0) is 12.4. The van der Waals surface area contributed by atoms with Gasteiger partial charge in [-0.05, 0) is 24.6 Å². The molecule has 1 heterocycles. The largest absolute Gasteiger partial charge is 0.493 e. The highest BCUT2D eigenvalue weighted by Gasteiger charge is 2.14. The Labute approximate surface area is 99.5 Å². The minimum Gasteiger partial charge on any atom is -0.493 e. The molecule has 90 valence electrons. The predicted molar refractivity (Wildman–Crippen MR) is 66.3 cm³/mol. The second-order valence-electron chi connectivity index (χ2n) is 3.75. The number of nitrogens with zero attached hydrogens (tertiary/aromatic N) is 1. The van der Waals surface area contributed by atoms with Crippen molar-refractivity contribution in [3.05, 3.63) is 23.8 Å². The van der Waals surface area contributed by atoms with Crippen LogP contribution in [0.25, 0.3) is 11.3 Å². The summed E-state index contributed by atoms with van der Waals surface area (Å²) < 4.78 is 10.7. The van der Waals surface area contributed by atoms with Gasteiger partial charge in [0, 0.05) is 11.6 Å². The van der Waals surface area contributed by atoms with E-state index in [1.54, 1.807) is 20.3 Å².